The maximum absolute atomic E-state index is 5.26. The Bertz CT molecular complexity index is 3270. The lowest BCUT2D eigenvalue weighted by Gasteiger charge is -2.15. The smallest absolute Gasteiger partial charge is 0.160 e. The van der Waals surface area contributed by atoms with Crippen LogP contribution in [0, 0.1) is 0 Å². The van der Waals surface area contributed by atoms with Crippen molar-refractivity contribution in [2.45, 2.75) is 0 Å². The third-order valence-corrected chi connectivity index (χ3v) is 11.3. The fourth-order valence-electron chi connectivity index (χ4n) is 8.43. The first-order valence-corrected chi connectivity index (χ1v) is 19.1. The van der Waals surface area contributed by atoms with E-state index >= 15 is 0 Å². The van der Waals surface area contributed by atoms with Crippen LogP contribution in [-0.4, -0.2) is 9.97 Å². The summed E-state index contributed by atoms with van der Waals surface area (Å²) in [4.78, 5) is 10.5. The molecule has 10 aromatic carbocycles. The van der Waals surface area contributed by atoms with Gasteiger partial charge in [-0.15, -0.1) is 0 Å². The van der Waals surface area contributed by atoms with Crippen molar-refractivity contribution in [3.8, 4) is 56.2 Å². The Labute approximate surface area is 325 Å². The molecule has 0 amide bonds. The van der Waals surface area contributed by atoms with Gasteiger partial charge in [0.25, 0.3) is 0 Å². The highest BCUT2D eigenvalue weighted by atomic mass is 14.9. The molecule has 260 valence electrons. The van der Waals surface area contributed by atoms with Crippen LogP contribution in [0.3, 0.4) is 0 Å². The van der Waals surface area contributed by atoms with E-state index in [1.165, 1.54) is 76.1 Å². The molecule has 0 aliphatic heterocycles. The molecule has 0 spiro atoms. The molecule has 11 rings (SSSR count). The van der Waals surface area contributed by atoms with Gasteiger partial charge in [0.1, 0.15) is 0 Å². The Kier molecular flexibility index (Phi) is 7.53. The van der Waals surface area contributed by atoms with Crippen molar-refractivity contribution in [1.82, 2.24) is 9.97 Å². The number of rotatable bonds is 5. The second kappa shape index (κ2) is 13.2. The molecule has 1 aromatic heterocycles. The first-order chi connectivity index (χ1) is 27.7. The summed E-state index contributed by atoms with van der Waals surface area (Å²) in [6, 6.07) is 74.1. The summed E-state index contributed by atoms with van der Waals surface area (Å²) in [5.74, 6) is 0.698. The zero-order valence-electron chi connectivity index (χ0n) is 30.5. The van der Waals surface area contributed by atoms with Gasteiger partial charge >= 0.3 is 0 Å². The molecule has 2 heteroatoms. The lowest BCUT2D eigenvalue weighted by molar-refractivity contribution is 1.18. The summed E-state index contributed by atoms with van der Waals surface area (Å²) < 4.78 is 0. The highest BCUT2D eigenvalue weighted by Gasteiger charge is 2.15. The molecule has 0 bridgehead atoms. The number of hydrogen-bond donors (Lipinski definition) is 0. The Morgan fingerprint density at radius 1 is 0.232 bits per heavy atom. The van der Waals surface area contributed by atoms with Crippen molar-refractivity contribution < 1.29 is 0 Å². The highest BCUT2D eigenvalue weighted by molar-refractivity contribution is 6.20. The van der Waals surface area contributed by atoms with Gasteiger partial charge in [-0.2, -0.15) is 0 Å². The van der Waals surface area contributed by atoms with Crippen LogP contribution in [0.1, 0.15) is 0 Å². The molecular weight excluding hydrogens is 677 g/mol. The van der Waals surface area contributed by atoms with Gasteiger partial charge in [0.2, 0.25) is 0 Å². The molecule has 2 nitrogen and oxygen atoms in total. The van der Waals surface area contributed by atoms with E-state index in [0.29, 0.717) is 5.82 Å². The van der Waals surface area contributed by atoms with Gasteiger partial charge in [-0.1, -0.05) is 188 Å². The molecule has 0 saturated heterocycles. The van der Waals surface area contributed by atoms with E-state index in [2.05, 4.69) is 206 Å². The molecule has 0 fully saturated rings. The molecule has 0 unspecified atom stereocenters. The molecule has 0 N–H and O–H groups in total. The first kappa shape index (κ1) is 32.0. The third-order valence-electron chi connectivity index (χ3n) is 11.3. The molecule has 0 aliphatic rings. The molecular formula is C54H34N2. The first-order valence-electron chi connectivity index (χ1n) is 19.1. The fourth-order valence-corrected chi connectivity index (χ4v) is 8.43. The zero-order valence-corrected chi connectivity index (χ0v) is 30.5. The maximum Gasteiger partial charge on any atom is 0.160 e. The van der Waals surface area contributed by atoms with Crippen molar-refractivity contribution in [2.24, 2.45) is 0 Å². The van der Waals surface area contributed by atoms with Gasteiger partial charge in [0, 0.05) is 16.7 Å². The summed E-state index contributed by atoms with van der Waals surface area (Å²) in [5.41, 5.74) is 9.64. The standard InChI is InChI=1S/C54H34N2/c1-2-10-35(11-3-1)36-18-21-39(22-19-36)51-34-52(44-29-30-47-43(32-44)27-20-37-12-4-7-15-45(37)47)56-54(55-51)41-25-23-40(24-26-41)53-48-17-9-6-14-42(48)33-50-46-16-8-5-13-38(46)28-31-49(50)53/h1-34H. The minimum absolute atomic E-state index is 0.698. The van der Waals surface area contributed by atoms with Crippen molar-refractivity contribution in [2.75, 3.05) is 0 Å². The van der Waals surface area contributed by atoms with Crippen molar-refractivity contribution >= 4 is 53.9 Å². The van der Waals surface area contributed by atoms with Gasteiger partial charge in [-0.3, -0.25) is 0 Å². The van der Waals surface area contributed by atoms with Gasteiger partial charge in [-0.05, 0) is 94.3 Å². The molecule has 0 aliphatic carbocycles. The zero-order chi connectivity index (χ0) is 37.0. The maximum atomic E-state index is 5.26. The largest absolute Gasteiger partial charge is 0.228 e. The highest BCUT2D eigenvalue weighted by Crippen LogP contribution is 2.40. The van der Waals surface area contributed by atoms with E-state index in [1.807, 2.05) is 0 Å². The fraction of sp³-hybridized carbons (Fsp3) is 0. The number of nitrogens with zero attached hydrogens (tertiary/aromatic N) is 2. The van der Waals surface area contributed by atoms with Crippen LogP contribution < -0.4 is 0 Å². The van der Waals surface area contributed by atoms with Crippen molar-refractivity contribution in [3.05, 3.63) is 206 Å². The van der Waals surface area contributed by atoms with Crippen LogP contribution in [0.15, 0.2) is 206 Å². The average molecular weight is 711 g/mol. The van der Waals surface area contributed by atoms with Crippen LogP contribution in [0.5, 0.6) is 0 Å². The monoisotopic (exact) mass is 710 g/mol. The number of hydrogen-bond acceptors (Lipinski definition) is 2. The van der Waals surface area contributed by atoms with Crippen LogP contribution in [0.4, 0.5) is 0 Å². The van der Waals surface area contributed by atoms with Crippen LogP contribution in [-0.2, 0) is 0 Å². The summed E-state index contributed by atoms with van der Waals surface area (Å²) in [7, 11) is 0. The number of fused-ring (bicyclic) bond motifs is 7. The van der Waals surface area contributed by atoms with Crippen LogP contribution in [0.2, 0.25) is 0 Å². The minimum Gasteiger partial charge on any atom is -0.228 e. The van der Waals surface area contributed by atoms with E-state index in [9.17, 15) is 0 Å². The molecule has 0 radical (unpaired) electrons. The average Bonchev–Trinajstić information content (AvgIpc) is 3.28. The Morgan fingerprint density at radius 3 is 1.45 bits per heavy atom. The van der Waals surface area contributed by atoms with E-state index < -0.39 is 0 Å². The normalized spacial score (nSPS) is 11.6. The van der Waals surface area contributed by atoms with Gasteiger partial charge in [0.15, 0.2) is 5.82 Å². The Hall–Kier alpha value is -7.42. The predicted octanol–water partition coefficient (Wildman–Crippen LogP) is 14.6. The van der Waals surface area contributed by atoms with E-state index in [1.54, 1.807) is 0 Å². The summed E-state index contributed by atoms with van der Waals surface area (Å²) in [5, 5.41) is 12.4. The van der Waals surface area contributed by atoms with Crippen LogP contribution >= 0.6 is 0 Å². The van der Waals surface area contributed by atoms with Crippen molar-refractivity contribution in [3.63, 3.8) is 0 Å². The number of aromatic nitrogens is 2. The second-order valence-corrected chi connectivity index (χ2v) is 14.6. The topological polar surface area (TPSA) is 25.8 Å². The van der Waals surface area contributed by atoms with E-state index in [0.717, 1.165) is 28.1 Å². The Morgan fingerprint density at radius 2 is 0.696 bits per heavy atom. The second-order valence-electron chi connectivity index (χ2n) is 14.6. The lowest BCUT2D eigenvalue weighted by atomic mass is 9.89. The third kappa shape index (κ3) is 5.51. The lowest BCUT2D eigenvalue weighted by Crippen LogP contribution is -1.96. The van der Waals surface area contributed by atoms with E-state index in [4.69, 9.17) is 9.97 Å². The molecule has 0 saturated carbocycles. The van der Waals surface area contributed by atoms with E-state index in [-0.39, 0.29) is 0 Å². The van der Waals surface area contributed by atoms with Crippen molar-refractivity contribution in [1.29, 1.82) is 0 Å². The summed E-state index contributed by atoms with van der Waals surface area (Å²) >= 11 is 0. The Balaban J connectivity index is 1.05. The summed E-state index contributed by atoms with van der Waals surface area (Å²) in [6.45, 7) is 0. The molecule has 56 heavy (non-hydrogen) atoms. The SMILES string of the molecule is c1ccc(-c2ccc(-c3cc(-c4ccc5c(ccc6ccccc65)c4)nc(-c4ccc(-c5c6ccccc6cc6c5ccc5ccccc56)cc4)n3)cc2)cc1. The van der Waals surface area contributed by atoms with Gasteiger partial charge in [0.05, 0.1) is 11.4 Å². The minimum atomic E-state index is 0.698. The molecule has 1 heterocycles. The van der Waals surface area contributed by atoms with Gasteiger partial charge < -0.3 is 0 Å². The molecule has 11 aromatic rings. The van der Waals surface area contributed by atoms with Crippen LogP contribution in [0.25, 0.3) is 110 Å². The quantitative estimate of drug-likeness (QED) is 0.131. The van der Waals surface area contributed by atoms with Gasteiger partial charge in [-0.25, -0.2) is 9.97 Å². The predicted molar refractivity (Wildman–Crippen MR) is 237 cm³/mol. The molecule has 0 atom stereocenters. The summed E-state index contributed by atoms with van der Waals surface area (Å²) in [6.07, 6.45) is 0. The number of benzene rings is 10.